The van der Waals surface area contributed by atoms with E-state index in [1.165, 1.54) is 0 Å². The highest BCUT2D eigenvalue weighted by molar-refractivity contribution is 5.81. The first-order chi connectivity index (χ1) is 9.04. The fraction of sp³-hybridized carbons (Fsp3) is 0.500. The number of amides is 1. The third kappa shape index (κ3) is 5.28. The Hall–Kier alpha value is -1.59. The van der Waals surface area contributed by atoms with Gasteiger partial charge in [0.15, 0.2) is 0 Å². The average Bonchev–Trinajstić information content (AvgIpc) is 2.40. The number of likely N-dealkylation sites (N-methyl/N-ethyl adjacent to an activating group) is 1. The number of hydrogen-bond acceptors (Lipinski definition) is 4. The first-order valence-corrected chi connectivity index (χ1v) is 6.40. The minimum absolute atomic E-state index is 0.104. The number of benzene rings is 1. The zero-order chi connectivity index (χ0) is 14.3. The zero-order valence-electron chi connectivity index (χ0n) is 11.5. The van der Waals surface area contributed by atoms with Crippen LogP contribution in [0.5, 0.6) is 5.75 Å². The van der Waals surface area contributed by atoms with E-state index in [1.54, 1.807) is 36.2 Å². The van der Waals surface area contributed by atoms with Crippen LogP contribution in [0.4, 0.5) is 0 Å². The summed E-state index contributed by atoms with van der Waals surface area (Å²) in [7, 11) is 1.72. The van der Waals surface area contributed by atoms with Crippen molar-refractivity contribution in [3.63, 3.8) is 0 Å². The van der Waals surface area contributed by atoms with E-state index < -0.39 is 6.04 Å². The lowest BCUT2D eigenvalue weighted by atomic mass is 10.1. The van der Waals surface area contributed by atoms with Crippen molar-refractivity contribution in [2.45, 2.75) is 19.4 Å². The fourth-order valence-electron chi connectivity index (χ4n) is 1.71. The molecule has 0 fully saturated rings. The predicted octanol–water partition coefficient (Wildman–Crippen LogP) is 0.757. The molecule has 1 amide bonds. The molecule has 0 radical (unpaired) electrons. The molecule has 0 aromatic heterocycles. The number of nitrogens with two attached hydrogens (primary N) is 1. The van der Waals surface area contributed by atoms with Crippen molar-refractivity contribution in [3.8, 4) is 5.75 Å². The van der Waals surface area contributed by atoms with Crippen molar-refractivity contribution in [1.82, 2.24) is 4.90 Å². The molecule has 0 spiro atoms. The summed E-state index contributed by atoms with van der Waals surface area (Å²) in [4.78, 5) is 13.6. The van der Waals surface area contributed by atoms with E-state index in [-0.39, 0.29) is 11.7 Å². The van der Waals surface area contributed by atoms with E-state index in [9.17, 15) is 9.90 Å². The van der Waals surface area contributed by atoms with Crippen LogP contribution in [0.3, 0.4) is 0 Å². The molecule has 5 nitrogen and oxygen atoms in total. The van der Waals surface area contributed by atoms with Gasteiger partial charge in [-0.1, -0.05) is 12.1 Å². The standard InChI is InChI=1S/C14H22N2O3/c1-3-19-9-8-16(2)14(18)13(15)10-11-4-6-12(17)7-5-11/h4-7,13,17H,3,8-10,15H2,1-2H3/t13-/m1/s1. The van der Waals surface area contributed by atoms with Crippen LogP contribution in [0.1, 0.15) is 12.5 Å². The van der Waals surface area contributed by atoms with Crippen LogP contribution in [-0.4, -0.2) is 48.8 Å². The van der Waals surface area contributed by atoms with Crippen molar-refractivity contribution in [2.24, 2.45) is 5.73 Å². The Balaban J connectivity index is 2.45. The van der Waals surface area contributed by atoms with E-state index in [1.807, 2.05) is 6.92 Å². The molecule has 0 bridgehead atoms. The molecule has 106 valence electrons. The summed E-state index contributed by atoms with van der Waals surface area (Å²) in [6, 6.07) is 6.14. The molecule has 0 saturated heterocycles. The van der Waals surface area contributed by atoms with Gasteiger partial charge in [-0.15, -0.1) is 0 Å². The Morgan fingerprint density at radius 3 is 2.63 bits per heavy atom. The molecule has 0 saturated carbocycles. The number of rotatable bonds is 7. The van der Waals surface area contributed by atoms with Crippen molar-refractivity contribution in [1.29, 1.82) is 0 Å². The number of phenolic OH excluding ortho intramolecular Hbond substituents is 1. The highest BCUT2D eigenvalue weighted by atomic mass is 16.5. The van der Waals surface area contributed by atoms with Crippen molar-refractivity contribution in [3.05, 3.63) is 29.8 Å². The summed E-state index contributed by atoms with van der Waals surface area (Å²) in [5, 5.41) is 9.19. The molecule has 0 unspecified atom stereocenters. The molecule has 3 N–H and O–H groups in total. The van der Waals surface area contributed by atoms with E-state index in [0.717, 1.165) is 5.56 Å². The smallest absolute Gasteiger partial charge is 0.239 e. The van der Waals surface area contributed by atoms with Gasteiger partial charge in [-0.2, -0.15) is 0 Å². The van der Waals surface area contributed by atoms with E-state index >= 15 is 0 Å². The number of phenols is 1. The summed E-state index contributed by atoms with van der Waals surface area (Å²) in [6.45, 7) is 3.61. The Bertz CT molecular complexity index is 392. The summed E-state index contributed by atoms with van der Waals surface area (Å²) >= 11 is 0. The number of carbonyl (C=O) groups is 1. The van der Waals surface area contributed by atoms with Gasteiger partial charge in [-0.05, 0) is 31.0 Å². The molecular formula is C14H22N2O3. The first-order valence-electron chi connectivity index (χ1n) is 6.40. The lowest BCUT2D eigenvalue weighted by Crippen LogP contribution is -2.44. The summed E-state index contributed by atoms with van der Waals surface area (Å²) in [6.07, 6.45) is 0.456. The molecule has 19 heavy (non-hydrogen) atoms. The molecule has 1 rings (SSSR count). The number of hydrogen-bond donors (Lipinski definition) is 2. The van der Waals surface area contributed by atoms with Crippen molar-refractivity contribution < 1.29 is 14.6 Å². The number of aromatic hydroxyl groups is 1. The molecule has 5 heteroatoms. The molecule has 0 aliphatic carbocycles. The van der Waals surface area contributed by atoms with Crippen LogP contribution in [0.15, 0.2) is 24.3 Å². The van der Waals surface area contributed by atoms with Gasteiger partial charge in [0.2, 0.25) is 5.91 Å². The van der Waals surface area contributed by atoms with Crippen LogP contribution in [0.25, 0.3) is 0 Å². The predicted molar refractivity (Wildman–Crippen MR) is 73.9 cm³/mol. The number of nitrogens with zero attached hydrogens (tertiary/aromatic N) is 1. The van der Waals surface area contributed by atoms with Crippen LogP contribution >= 0.6 is 0 Å². The fourth-order valence-corrected chi connectivity index (χ4v) is 1.71. The largest absolute Gasteiger partial charge is 0.508 e. The normalized spacial score (nSPS) is 12.2. The minimum atomic E-state index is -0.573. The second-order valence-electron chi connectivity index (χ2n) is 4.43. The van der Waals surface area contributed by atoms with Crippen LogP contribution < -0.4 is 5.73 Å². The lowest BCUT2D eigenvalue weighted by Gasteiger charge is -2.21. The van der Waals surface area contributed by atoms with Crippen LogP contribution in [-0.2, 0) is 16.0 Å². The monoisotopic (exact) mass is 266 g/mol. The van der Waals surface area contributed by atoms with Gasteiger partial charge in [0.05, 0.1) is 12.6 Å². The maximum absolute atomic E-state index is 12.0. The number of ether oxygens (including phenoxy) is 1. The van der Waals surface area contributed by atoms with Gasteiger partial charge in [0, 0.05) is 20.2 Å². The van der Waals surface area contributed by atoms with E-state index in [0.29, 0.717) is 26.2 Å². The Morgan fingerprint density at radius 2 is 2.05 bits per heavy atom. The minimum Gasteiger partial charge on any atom is -0.508 e. The Labute approximate surface area is 114 Å². The third-order valence-corrected chi connectivity index (χ3v) is 2.86. The van der Waals surface area contributed by atoms with Gasteiger partial charge in [-0.3, -0.25) is 4.79 Å². The summed E-state index contributed by atoms with van der Waals surface area (Å²) in [5.74, 6) is 0.102. The summed E-state index contributed by atoms with van der Waals surface area (Å²) in [5.41, 5.74) is 6.83. The molecular weight excluding hydrogens is 244 g/mol. The third-order valence-electron chi connectivity index (χ3n) is 2.86. The Morgan fingerprint density at radius 1 is 1.42 bits per heavy atom. The van der Waals surface area contributed by atoms with E-state index in [4.69, 9.17) is 10.5 Å². The van der Waals surface area contributed by atoms with Gasteiger partial charge < -0.3 is 20.5 Å². The Kier molecular flexibility index (Phi) is 6.32. The van der Waals surface area contributed by atoms with Crippen LogP contribution in [0, 0.1) is 0 Å². The van der Waals surface area contributed by atoms with Crippen LogP contribution in [0.2, 0.25) is 0 Å². The molecule has 1 atom stereocenters. The summed E-state index contributed by atoms with van der Waals surface area (Å²) < 4.78 is 5.20. The second kappa shape index (κ2) is 7.76. The lowest BCUT2D eigenvalue weighted by molar-refractivity contribution is -0.131. The first kappa shape index (κ1) is 15.5. The molecule has 1 aromatic rings. The highest BCUT2D eigenvalue weighted by Gasteiger charge is 2.18. The maximum Gasteiger partial charge on any atom is 0.239 e. The maximum atomic E-state index is 12.0. The highest BCUT2D eigenvalue weighted by Crippen LogP contribution is 2.11. The van der Waals surface area contributed by atoms with Gasteiger partial charge >= 0.3 is 0 Å². The van der Waals surface area contributed by atoms with Gasteiger partial charge in [0.25, 0.3) is 0 Å². The average molecular weight is 266 g/mol. The topological polar surface area (TPSA) is 75.8 Å². The number of carbonyl (C=O) groups excluding carboxylic acids is 1. The van der Waals surface area contributed by atoms with Crippen molar-refractivity contribution in [2.75, 3.05) is 26.8 Å². The van der Waals surface area contributed by atoms with E-state index in [2.05, 4.69) is 0 Å². The molecule has 0 heterocycles. The molecule has 0 aliphatic heterocycles. The SMILES string of the molecule is CCOCCN(C)C(=O)[C@H](N)Cc1ccc(O)cc1. The molecule has 1 aromatic carbocycles. The zero-order valence-corrected chi connectivity index (χ0v) is 11.5. The van der Waals surface area contributed by atoms with Gasteiger partial charge in [0.1, 0.15) is 5.75 Å². The molecule has 0 aliphatic rings. The van der Waals surface area contributed by atoms with Gasteiger partial charge in [-0.25, -0.2) is 0 Å². The van der Waals surface area contributed by atoms with Crippen molar-refractivity contribution >= 4 is 5.91 Å². The quantitative estimate of drug-likeness (QED) is 0.714. The second-order valence-corrected chi connectivity index (χ2v) is 4.43.